The van der Waals surface area contributed by atoms with Gasteiger partial charge in [-0.3, -0.25) is 10.00 Å². The molecule has 0 unspecified atom stereocenters. The maximum Gasteiger partial charge on any atom is 0.194 e. The lowest BCUT2D eigenvalue weighted by Gasteiger charge is -2.22. The zero-order valence-electron chi connectivity index (χ0n) is 13.9. The summed E-state index contributed by atoms with van der Waals surface area (Å²) >= 11 is 0. The zero-order valence-corrected chi connectivity index (χ0v) is 13.9. The van der Waals surface area contributed by atoms with Crippen LogP contribution in [0, 0.1) is 17.5 Å². The lowest BCUT2D eigenvalue weighted by atomic mass is 10.1. The SMILES string of the molecule is Fc1cc(CN2CCC[C@@H]2c2nc(-c3ccccc3)n[nH]2)cc(F)c1F. The fourth-order valence-corrected chi connectivity index (χ4v) is 3.40. The molecule has 2 aromatic carbocycles. The second-order valence-corrected chi connectivity index (χ2v) is 6.41. The average Bonchev–Trinajstić information content (AvgIpc) is 3.29. The largest absolute Gasteiger partial charge is 0.289 e. The van der Waals surface area contributed by atoms with Gasteiger partial charge in [0.2, 0.25) is 0 Å². The molecule has 1 N–H and O–H groups in total. The Labute approximate surface area is 148 Å². The van der Waals surface area contributed by atoms with E-state index >= 15 is 0 Å². The number of halogens is 3. The van der Waals surface area contributed by atoms with Crippen molar-refractivity contribution < 1.29 is 13.2 Å². The molecule has 1 aliphatic heterocycles. The van der Waals surface area contributed by atoms with Crippen LogP contribution in [-0.2, 0) is 6.54 Å². The standard InChI is InChI=1S/C19H17F3N4/c20-14-9-12(10-15(21)17(14)22)11-26-8-4-7-16(26)19-23-18(24-25-19)13-5-2-1-3-6-13/h1-3,5-6,9-10,16H,4,7-8,11H2,(H,23,24,25)/t16-/m1/s1. The molecule has 0 amide bonds. The van der Waals surface area contributed by atoms with Gasteiger partial charge in [0, 0.05) is 12.1 Å². The minimum Gasteiger partial charge on any atom is -0.289 e. The smallest absolute Gasteiger partial charge is 0.194 e. The van der Waals surface area contributed by atoms with Gasteiger partial charge in [0.25, 0.3) is 0 Å². The predicted molar refractivity (Wildman–Crippen MR) is 90.5 cm³/mol. The molecule has 0 bridgehead atoms. The van der Waals surface area contributed by atoms with Gasteiger partial charge in [-0.15, -0.1) is 0 Å². The molecule has 1 saturated heterocycles. The summed E-state index contributed by atoms with van der Waals surface area (Å²) in [6.07, 6.45) is 1.81. The quantitative estimate of drug-likeness (QED) is 0.710. The van der Waals surface area contributed by atoms with Crippen molar-refractivity contribution in [2.75, 3.05) is 6.54 Å². The number of aromatic amines is 1. The molecule has 0 radical (unpaired) electrons. The van der Waals surface area contributed by atoms with E-state index in [0.717, 1.165) is 42.9 Å². The number of H-pyrrole nitrogens is 1. The highest BCUT2D eigenvalue weighted by atomic mass is 19.2. The molecule has 7 heteroatoms. The Morgan fingerprint density at radius 1 is 1.08 bits per heavy atom. The fraction of sp³-hybridized carbons (Fsp3) is 0.263. The van der Waals surface area contributed by atoms with Crippen LogP contribution in [0.15, 0.2) is 42.5 Å². The first-order chi connectivity index (χ1) is 12.6. The summed E-state index contributed by atoms with van der Waals surface area (Å²) in [5, 5.41) is 7.26. The van der Waals surface area contributed by atoms with Crippen molar-refractivity contribution in [2.45, 2.75) is 25.4 Å². The van der Waals surface area contributed by atoms with Gasteiger partial charge in [-0.25, -0.2) is 18.2 Å². The Balaban J connectivity index is 1.55. The summed E-state index contributed by atoms with van der Waals surface area (Å²) in [4.78, 5) is 6.66. The first-order valence-electron chi connectivity index (χ1n) is 8.47. The zero-order chi connectivity index (χ0) is 18.1. The minimum atomic E-state index is -1.44. The monoisotopic (exact) mass is 358 g/mol. The first-order valence-corrected chi connectivity index (χ1v) is 8.47. The molecule has 1 atom stereocenters. The molecule has 0 saturated carbocycles. The number of rotatable bonds is 4. The van der Waals surface area contributed by atoms with Gasteiger partial charge in [0.1, 0.15) is 5.82 Å². The molecule has 134 valence electrons. The summed E-state index contributed by atoms with van der Waals surface area (Å²) in [6, 6.07) is 11.7. The van der Waals surface area contributed by atoms with Gasteiger partial charge >= 0.3 is 0 Å². The molecule has 0 spiro atoms. The number of benzene rings is 2. The second-order valence-electron chi connectivity index (χ2n) is 6.41. The van der Waals surface area contributed by atoms with E-state index in [4.69, 9.17) is 0 Å². The molecule has 0 aliphatic carbocycles. The number of nitrogens with zero attached hydrogens (tertiary/aromatic N) is 3. The maximum absolute atomic E-state index is 13.5. The Morgan fingerprint density at radius 2 is 1.81 bits per heavy atom. The summed E-state index contributed by atoms with van der Waals surface area (Å²) < 4.78 is 40.1. The molecule has 26 heavy (non-hydrogen) atoms. The van der Waals surface area contributed by atoms with Gasteiger partial charge in [-0.2, -0.15) is 5.10 Å². The second kappa shape index (κ2) is 6.92. The van der Waals surface area contributed by atoms with Crippen LogP contribution in [0.25, 0.3) is 11.4 Å². The van der Waals surface area contributed by atoms with Gasteiger partial charge in [0.05, 0.1) is 6.04 Å². The van der Waals surface area contributed by atoms with E-state index in [2.05, 4.69) is 20.1 Å². The van der Waals surface area contributed by atoms with Gasteiger partial charge < -0.3 is 0 Å². The average molecular weight is 358 g/mol. The van der Waals surface area contributed by atoms with Crippen LogP contribution in [0.5, 0.6) is 0 Å². The van der Waals surface area contributed by atoms with E-state index in [1.807, 2.05) is 30.3 Å². The van der Waals surface area contributed by atoms with Crippen molar-refractivity contribution in [3.05, 3.63) is 71.3 Å². The summed E-state index contributed by atoms with van der Waals surface area (Å²) in [7, 11) is 0. The highest BCUT2D eigenvalue weighted by Crippen LogP contribution is 2.32. The molecular weight excluding hydrogens is 341 g/mol. The third-order valence-corrected chi connectivity index (χ3v) is 4.64. The van der Waals surface area contributed by atoms with E-state index < -0.39 is 17.5 Å². The Morgan fingerprint density at radius 3 is 2.54 bits per heavy atom. The summed E-state index contributed by atoms with van der Waals surface area (Å²) in [5.74, 6) is -2.42. The van der Waals surface area contributed by atoms with Crippen molar-refractivity contribution in [1.82, 2.24) is 20.1 Å². The van der Waals surface area contributed by atoms with Crippen molar-refractivity contribution in [3.63, 3.8) is 0 Å². The number of nitrogens with one attached hydrogen (secondary N) is 1. The minimum absolute atomic E-state index is 0.0175. The highest BCUT2D eigenvalue weighted by molar-refractivity contribution is 5.53. The fourth-order valence-electron chi connectivity index (χ4n) is 3.40. The number of hydrogen-bond acceptors (Lipinski definition) is 3. The number of hydrogen-bond donors (Lipinski definition) is 1. The molecule has 2 heterocycles. The summed E-state index contributed by atoms with van der Waals surface area (Å²) in [6.45, 7) is 1.09. The third-order valence-electron chi connectivity index (χ3n) is 4.64. The van der Waals surface area contributed by atoms with Crippen molar-refractivity contribution >= 4 is 0 Å². The highest BCUT2D eigenvalue weighted by Gasteiger charge is 2.29. The van der Waals surface area contributed by atoms with Gasteiger partial charge in [-0.1, -0.05) is 30.3 Å². The molecule has 1 aliphatic rings. The van der Waals surface area contributed by atoms with Crippen LogP contribution >= 0.6 is 0 Å². The molecular formula is C19H17F3N4. The molecule has 3 aromatic rings. The van der Waals surface area contributed by atoms with E-state index in [-0.39, 0.29) is 6.04 Å². The van der Waals surface area contributed by atoms with Crippen LogP contribution < -0.4 is 0 Å². The Bertz CT molecular complexity index is 887. The van der Waals surface area contributed by atoms with Crippen molar-refractivity contribution in [2.24, 2.45) is 0 Å². The lowest BCUT2D eigenvalue weighted by Crippen LogP contribution is -2.24. The number of aromatic nitrogens is 3. The molecule has 1 aromatic heterocycles. The van der Waals surface area contributed by atoms with Crippen LogP contribution in [-0.4, -0.2) is 26.6 Å². The van der Waals surface area contributed by atoms with Crippen LogP contribution in [0.3, 0.4) is 0 Å². The van der Waals surface area contributed by atoms with Crippen LogP contribution in [0.2, 0.25) is 0 Å². The van der Waals surface area contributed by atoms with Gasteiger partial charge in [0.15, 0.2) is 23.3 Å². The van der Waals surface area contributed by atoms with E-state index in [0.29, 0.717) is 17.9 Å². The maximum atomic E-state index is 13.5. The predicted octanol–water partition coefficient (Wildman–Crippen LogP) is 4.23. The molecule has 1 fully saturated rings. The van der Waals surface area contributed by atoms with Crippen molar-refractivity contribution in [3.8, 4) is 11.4 Å². The lowest BCUT2D eigenvalue weighted by molar-refractivity contribution is 0.239. The Kier molecular flexibility index (Phi) is 4.46. The molecule has 4 nitrogen and oxygen atoms in total. The Hall–Kier alpha value is -2.67. The molecule has 4 rings (SSSR count). The van der Waals surface area contributed by atoms with Crippen LogP contribution in [0.1, 0.15) is 30.3 Å². The van der Waals surface area contributed by atoms with Crippen LogP contribution in [0.4, 0.5) is 13.2 Å². The topological polar surface area (TPSA) is 44.8 Å². The van der Waals surface area contributed by atoms with E-state index in [1.165, 1.54) is 0 Å². The van der Waals surface area contributed by atoms with Gasteiger partial charge in [-0.05, 0) is 37.1 Å². The first kappa shape index (κ1) is 16.8. The van der Waals surface area contributed by atoms with E-state index in [1.54, 1.807) is 0 Å². The normalized spacial score (nSPS) is 17.7. The number of likely N-dealkylation sites (tertiary alicyclic amines) is 1. The van der Waals surface area contributed by atoms with E-state index in [9.17, 15) is 13.2 Å². The summed E-state index contributed by atoms with van der Waals surface area (Å²) in [5.41, 5.74) is 1.32. The van der Waals surface area contributed by atoms with Crippen molar-refractivity contribution in [1.29, 1.82) is 0 Å². The third kappa shape index (κ3) is 3.22.